The number of hydrogen-bond donors (Lipinski definition) is 1. The first-order chi connectivity index (χ1) is 12.6. The molecule has 0 spiro atoms. The highest BCUT2D eigenvalue weighted by Gasteiger charge is 2.41. The van der Waals surface area contributed by atoms with Crippen LogP contribution < -0.4 is 5.32 Å². The van der Waals surface area contributed by atoms with Crippen LogP contribution in [0.15, 0.2) is 17.1 Å². The summed E-state index contributed by atoms with van der Waals surface area (Å²) in [7, 11) is 0. The summed E-state index contributed by atoms with van der Waals surface area (Å²) in [6.07, 6.45) is 17.5. The minimum atomic E-state index is 0.0549. The van der Waals surface area contributed by atoms with Crippen LogP contribution in [0, 0.1) is 0 Å². The van der Waals surface area contributed by atoms with Gasteiger partial charge in [0.25, 0.3) is 0 Å². The van der Waals surface area contributed by atoms with Crippen LogP contribution in [0.2, 0.25) is 0 Å². The van der Waals surface area contributed by atoms with Crippen LogP contribution in [0.25, 0.3) is 0 Å². The van der Waals surface area contributed by atoms with E-state index >= 15 is 0 Å². The topological polar surface area (TPSA) is 41.5 Å². The van der Waals surface area contributed by atoms with Gasteiger partial charge in [0.15, 0.2) is 12.0 Å². The summed E-state index contributed by atoms with van der Waals surface area (Å²) in [4.78, 5) is 16.3. The van der Waals surface area contributed by atoms with Gasteiger partial charge in [-0.15, -0.1) is 0 Å². The van der Waals surface area contributed by atoms with Crippen molar-refractivity contribution < 1.29 is 9.28 Å². The zero-order chi connectivity index (χ0) is 19.3. The van der Waals surface area contributed by atoms with Gasteiger partial charge in [0, 0.05) is 20.3 Å². The molecule has 0 fully saturated rings. The molecule has 0 aromatic heterocycles. The fourth-order valence-electron chi connectivity index (χ4n) is 4.03. The molecule has 2 atom stereocenters. The largest absolute Gasteiger partial charge is 0.307 e. The predicted octanol–water partition coefficient (Wildman–Crippen LogP) is 5.19. The van der Waals surface area contributed by atoms with Gasteiger partial charge in [-0.1, -0.05) is 51.2 Å². The lowest BCUT2D eigenvalue weighted by atomic mass is 10.1. The van der Waals surface area contributed by atoms with Gasteiger partial charge in [0.2, 0.25) is 5.91 Å². The molecule has 0 aromatic carbocycles. The number of allylic oxidation sites excluding steroid dienone is 2. The van der Waals surface area contributed by atoms with E-state index in [0.29, 0.717) is 0 Å². The number of rotatable bonds is 14. The molecule has 0 saturated heterocycles. The van der Waals surface area contributed by atoms with Crippen molar-refractivity contribution in [3.63, 3.8) is 0 Å². The van der Waals surface area contributed by atoms with Crippen molar-refractivity contribution in [3.05, 3.63) is 12.2 Å². The maximum absolute atomic E-state index is 11.5. The molecule has 4 heteroatoms. The summed E-state index contributed by atoms with van der Waals surface area (Å²) in [6.45, 7) is 11.1. The van der Waals surface area contributed by atoms with Gasteiger partial charge in [-0.2, -0.15) is 0 Å². The molecule has 0 radical (unpaired) electrons. The fourth-order valence-corrected chi connectivity index (χ4v) is 4.03. The number of nitrogens with zero attached hydrogens (tertiary/aromatic N) is 2. The van der Waals surface area contributed by atoms with Crippen LogP contribution in [0.3, 0.4) is 0 Å². The average Bonchev–Trinajstić information content (AvgIpc) is 3.03. The Bertz CT molecular complexity index is 458. The Labute approximate surface area is 161 Å². The average molecular weight is 365 g/mol. The van der Waals surface area contributed by atoms with Gasteiger partial charge >= 0.3 is 0 Å². The number of carbonyl (C=O) groups excluding carboxylic acids is 1. The highest BCUT2D eigenvalue weighted by atomic mass is 16.1. The quantitative estimate of drug-likeness (QED) is 0.257. The predicted molar refractivity (Wildman–Crippen MR) is 112 cm³/mol. The number of aliphatic imine (C=N–C) groups is 1. The molecule has 0 aromatic rings. The molecule has 150 valence electrons. The number of amidine groups is 1. The molecule has 2 unspecified atom stereocenters. The standard InChI is InChI=1S/C22H41N3O/c1-5-7-8-9-10-11-12-13-14-15-16-17-22-23-18-19-25(22,6-2)20(3)24-21(4)26/h8-9,20H,5-7,10-19H2,1-4H3/p+1/b9-8+. The first-order valence-corrected chi connectivity index (χ1v) is 10.9. The molecule has 1 N–H and O–H groups in total. The van der Waals surface area contributed by atoms with Crippen LogP contribution in [0.4, 0.5) is 0 Å². The third-order valence-electron chi connectivity index (χ3n) is 5.67. The summed E-state index contributed by atoms with van der Waals surface area (Å²) in [5.41, 5.74) is 0. The van der Waals surface area contributed by atoms with Gasteiger partial charge in [-0.3, -0.25) is 9.28 Å². The van der Waals surface area contributed by atoms with Crippen molar-refractivity contribution in [2.45, 2.75) is 98.1 Å². The Kier molecular flexibility index (Phi) is 11.5. The van der Waals surface area contributed by atoms with Crippen molar-refractivity contribution in [1.29, 1.82) is 0 Å². The number of likely N-dealkylation sites (N-methyl/N-ethyl adjacent to an activating group) is 1. The van der Waals surface area contributed by atoms with Crippen molar-refractivity contribution in [2.75, 3.05) is 19.6 Å². The Morgan fingerprint density at radius 2 is 1.77 bits per heavy atom. The number of carbonyl (C=O) groups is 1. The van der Waals surface area contributed by atoms with Gasteiger partial charge in [0.05, 0.1) is 13.1 Å². The zero-order valence-electron chi connectivity index (χ0n) is 17.7. The highest BCUT2D eigenvalue weighted by Crippen LogP contribution is 2.23. The van der Waals surface area contributed by atoms with E-state index < -0.39 is 0 Å². The van der Waals surface area contributed by atoms with Crippen molar-refractivity contribution in [3.8, 4) is 0 Å². The normalized spacial score (nSPS) is 21.2. The summed E-state index contributed by atoms with van der Waals surface area (Å²) >= 11 is 0. The molecule has 1 amide bonds. The second kappa shape index (κ2) is 13.1. The lowest BCUT2D eigenvalue weighted by Crippen LogP contribution is -2.62. The number of quaternary nitrogens is 1. The summed E-state index contributed by atoms with van der Waals surface area (Å²) < 4.78 is 0.851. The first-order valence-electron chi connectivity index (χ1n) is 10.9. The zero-order valence-corrected chi connectivity index (χ0v) is 17.7. The van der Waals surface area contributed by atoms with Crippen molar-refractivity contribution in [1.82, 2.24) is 5.32 Å². The minimum absolute atomic E-state index is 0.0549. The summed E-state index contributed by atoms with van der Waals surface area (Å²) in [6, 6.07) is 0. The summed E-state index contributed by atoms with van der Waals surface area (Å²) in [5.74, 6) is 1.36. The molecule has 1 heterocycles. The Balaban J connectivity index is 2.22. The minimum Gasteiger partial charge on any atom is -0.307 e. The maximum atomic E-state index is 11.5. The molecule has 26 heavy (non-hydrogen) atoms. The number of amides is 1. The Morgan fingerprint density at radius 3 is 2.42 bits per heavy atom. The molecular weight excluding hydrogens is 322 g/mol. The molecule has 0 saturated carbocycles. The smallest absolute Gasteiger partial charge is 0.221 e. The number of unbranched alkanes of at least 4 members (excludes halogenated alkanes) is 7. The molecule has 4 nitrogen and oxygen atoms in total. The molecule has 1 aliphatic rings. The monoisotopic (exact) mass is 364 g/mol. The SMILES string of the molecule is CCC/C=C/CCCCCCCCC1=NCC[N+]1(CC)C(C)NC(C)=O. The van der Waals surface area contributed by atoms with Crippen LogP contribution in [0.5, 0.6) is 0 Å². The highest BCUT2D eigenvalue weighted by molar-refractivity contribution is 5.78. The summed E-state index contributed by atoms with van der Waals surface area (Å²) in [5, 5.41) is 3.10. The van der Waals surface area contributed by atoms with Crippen LogP contribution in [-0.4, -0.2) is 42.0 Å². The van der Waals surface area contributed by atoms with E-state index in [0.717, 1.165) is 30.5 Å². The second-order valence-corrected chi connectivity index (χ2v) is 7.67. The van der Waals surface area contributed by atoms with E-state index in [1.807, 2.05) is 0 Å². The lowest BCUT2D eigenvalue weighted by molar-refractivity contribution is -0.861. The van der Waals surface area contributed by atoms with Gasteiger partial charge in [-0.05, 0) is 32.6 Å². The second-order valence-electron chi connectivity index (χ2n) is 7.67. The van der Waals surface area contributed by atoms with E-state index in [9.17, 15) is 4.79 Å². The van der Waals surface area contributed by atoms with Crippen LogP contribution >= 0.6 is 0 Å². The van der Waals surface area contributed by atoms with E-state index in [4.69, 9.17) is 4.99 Å². The Morgan fingerprint density at radius 1 is 1.12 bits per heavy atom. The van der Waals surface area contributed by atoms with Crippen LogP contribution in [-0.2, 0) is 4.79 Å². The maximum Gasteiger partial charge on any atom is 0.221 e. The fraction of sp³-hybridized carbons (Fsp3) is 0.818. The molecule has 0 aliphatic carbocycles. The van der Waals surface area contributed by atoms with Crippen molar-refractivity contribution in [2.24, 2.45) is 4.99 Å². The van der Waals surface area contributed by atoms with Crippen LogP contribution in [0.1, 0.15) is 91.9 Å². The third kappa shape index (κ3) is 7.61. The molecule has 1 rings (SSSR count). The molecule has 1 aliphatic heterocycles. The van der Waals surface area contributed by atoms with E-state index in [1.54, 1.807) is 6.92 Å². The molecule has 0 bridgehead atoms. The van der Waals surface area contributed by atoms with Crippen molar-refractivity contribution >= 4 is 11.7 Å². The molecular formula is C22H42N3O+. The van der Waals surface area contributed by atoms with E-state index in [2.05, 4.69) is 38.2 Å². The number of hydrogen-bond acceptors (Lipinski definition) is 2. The lowest BCUT2D eigenvalue weighted by Gasteiger charge is -2.39. The van der Waals surface area contributed by atoms with E-state index in [1.165, 1.54) is 63.6 Å². The third-order valence-corrected chi connectivity index (χ3v) is 5.67. The van der Waals surface area contributed by atoms with Gasteiger partial charge in [0.1, 0.15) is 6.54 Å². The van der Waals surface area contributed by atoms with Gasteiger partial charge in [-0.25, -0.2) is 4.99 Å². The van der Waals surface area contributed by atoms with E-state index in [-0.39, 0.29) is 12.1 Å². The first kappa shape index (κ1) is 22.9. The number of nitrogens with one attached hydrogen (secondary N) is 1. The Hall–Kier alpha value is -1.16. The van der Waals surface area contributed by atoms with Gasteiger partial charge < -0.3 is 5.32 Å².